The van der Waals surface area contributed by atoms with E-state index in [-0.39, 0.29) is 41.4 Å². The Morgan fingerprint density at radius 3 is 2.28 bits per heavy atom. The molecule has 0 aliphatic rings. The molecule has 0 fully saturated rings. The Bertz CT molecular complexity index is 1630. The summed E-state index contributed by atoms with van der Waals surface area (Å²) in [5, 5.41) is 4.03. The van der Waals surface area contributed by atoms with Crippen molar-refractivity contribution in [2.24, 2.45) is 0 Å². The zero-order valence-corrected chi connectivity index (χ0v) is 20.3. The molecule has 1 heterocycles. The number of ether oxygens (including phenoxy) is 1. The predicted octanol–water partition coefficient (Wildman–Crippen LogP) is 7.86. The number of rotatable bonds is 8. The van der Waals surface area contributed by atoms with Gasteiger partial charge < -0.3 is 14.1 Å². The maximum atomic E-state index is 14.0. The van der Waals surface area contributed by atoms with Crippen LogP contribution in [0.5, 0.6) is 5.75 Å². The van der Waals surface area contributed by atoms with Crippen molar-refractivity contribution in [2.75, 3.05) is 6.61 Å². The second-order valence-electron chi connectivity index (χ2n) is 8.57. The van der Waals surface area contributed by atoms with Crippen LogP contribution >= 0.6 is 0 Å². The topological polar surface area (TPSA) is 65.2 Å². The summed E-state index contributed by atoms with van der Waals surface area (Å²) in [7, 11) is 0. The summed E-state index contributed by atoms with van der Waals surface area (Å²) in [4.78, 5) is 15.0. The fraction of sp³-hybridized carbons (Fsp3) is 0.100. The Morgan fingerprint density at radius 2 is 1.54 bits per heavy atom. The van der Waals surface area contributed by atoms with Gasteiger partial charge in [0.1, 0.15) is 17.9 Å². The van der Waals surface area contributed by atoms with E-state index in [4.69, 9.17) is 9.26 Å². The van der Waals surface area contributed by atoms with Crippen molar-refractivity contribution in [1.82, 2.24) is 10.1 Å². The molecule has 0 atom stereocenters. The molecular weight excluding hydrogens is 512 g/mol. The molecule has 196 valence electrons. The van der Waals surface area contributed by atoms with Crippen LogP contribution in [0.4, 0.5) is 17.6 Å². The first-order chi connectivity index (χ1) is 18.8. The lowest BCUT2D eigenvalue weighted by Crippen LogP contribution is -2.07. The molecule has 0 amide bonds. The average Bonchev–Trinajstić information content (AvgIpc) is 3.43. The van der Waals surface area contributed by atoms with Crippen molar-refractivity contribution in [2.45, 2.75) is 12.6 Å². The van der Waals surface area contributed by atoms with E-state index in [0.717, 1.165) is 29.5 Å². The first-order valence-corrected chi connectivity index (χ1v) is 11.9. The number of hydrogen-bond acceptors (Lipinski definition) is 5. The summed E-state index contributed by atoms with van der Waals surface area (Å²) >= 11 is 0. The van der Waals surface area contributed by atoms with Gasteiger partial charge in [0.15, 0.2) is 0 Å². The van der Waals surface area contributed by atoms with E-state index in [0.29, 0.717) is 11.3 Å². The maximum Gasteiger partial charge on any atom is 0.417 e. The number of aromatic nitrogens is 2. The molecule has 39 heavy (non-hydrogen) atoms. The molecule has 0 spiro atoms. The van der Waals surface area contributed by atoms with Gasteiger partial charge in [-0.2, -0.15) is 18.2 Å². The van der Waals surface area contributed by atoms with Gasteiger partial charge in [0, 0.05) is 17.5 Å². The van der Waals surface area contributed by atoms with Gasteiger partial charge in [-0.25, -0.2) is 4.39 Å². The van der Waals surface area contributed by atoms with Crippen LogP contribution in [0, 0.1) is 5.82 Å². The number of aldehydes is 1. The Morgan fingerprint density at radius 1 is 0.795 bits per heavy atom. The minimum Gasteiger partial charge on any atom is -0.493 e. The van der Waals surface area contributed by atoms with Gasteiger partial charge in [-0.15, -0.1) is 0 Å². The fourth-order valence-corrected chi connectivity index (χ4v) is 4.18. The second kappa shape index (κ2) is 10.9. The molecule has 0 unspecified atom stereocenters. The molecule has 0 N–H and O–H groups in total. The van der Waals surface area contributed by atoms with Crippen molar-refractivity contribution in [3.05, 3.63) is 102 Å². The molecule has 9 heteroatoms. The molecule has 0 radical (unpaired) electrons. The molecule has 0 bridgehead atoms. The average molecular weight is 532 g/mol. The van der Waals surface area contributed by atoms with Crippen LogP contribution in [0.1, 0.15) is 12.0 Å². The highest BCUT2D eigenvalue weighted by Gasteiger charge is 2.34. The van der Waals surface area contributed by atoms with Crippen LogP contribution in [-0.2, 0) is 11.0 Å². The molecule has 5 aromatic rings. The molecular formula is C30H20F4N2O3. The van der Waals surface area contributed by atoms with Crippen LogP contribution in [0.2, 0.25) is 0 Å². The third-order valence-corrected chi connectivity index (χ3v) is 5.95. The van der Waals surface area contributed by atoms with E-state index in [1.165, 1.54) is 30.3 Å². The highest BCUT2D eigenvalue weighted by molar-refractivity contribution is 5.81. The number of hydrogen-bond donors (Lipinski definition) is 0. The first kappa shape index (κ1) is 25.8. The standard InChI is InChI=1S/C30H20F4N2O3/c31-22-8-3-6-19(16-22)25-13-12-21(18-27(25)30(32,33)34)29-35-28(36-39-29)26-11-2-1-10-24(26)20-7-4-9-23(17-20)38-15-5-14-37/h1-4,6-14,16-18H,5,15H2. The summed E-state index contributed by atoms with van der Waals surface area (Å²) in [5.41, 5.74) is 1.21. The maximum absolute atomic E-state index is 14.0. The highest BCUT2D eigenvalue weighted by Crippen LogP contribution is 2.40. The van der Waals surface area contributed by atoms with Crippen molar-refractivity contribution < 1.29 is 31.6 Å². The van der Waals surface area contributed by atoms with E-state index < -0.39 is 17.6 Å². The number of halogens is 4. The Labute approximate surface area is 220 Å². The van der Waals surface area contributed by atoms with E-state index >= 15 is 0 Å². The lowest BCUT2D eigenvalue weighted by Gasteiger charge is -2.14. The van der Waals surface area contributed by atoms with Gasteiger partial charge in [0.25, 0.3) is 5.89 Å². The minimum absolute atomic E-state index is 0.0734. The monoisotopic (exact) mass is 532 g/mol. The summed E-state index contributed by atoms with van der Waals surface area (Å²) in [6.45, 7) is 0.251. The van der Waals surface area contributed by atoms with Crippen LogP contribution in [0.25, 0.3) is 45.1 Å². The number of carbonyl (C=O) groups excluding carboxylic acids is 1. The van der Waals surface area contributed by atoms with Crippen molar-refractivity contribution >= 4 is 6.29 Å². The zero-order valence-electron chi connectivity index (χ0n) is 20.3. The zero-order chi connectivity index (χ0) is 27.4. The van der Waals surface area contributed by atoms with Crippen LogP contribution in [0.3, 0.4) is 0 Å². The molecule has 5 nitrogen and oxygen atoms in total. The Hall–Kier alpha value is -4.79. The van der Waals surface area contributed by atoms with E-state index in [9.17, 15) is 22.4 Å². The van der Waals surface area contributed by atoms with Gasteiger partial charge in [-0.3, -0.25) is 0 Å². The third kappa shape index (κ3) is 5.72. The van der Waals surface area contributed by atoms with Gasteiger partial charge >= 0.3 is 6.18 Å². The summed E-state index contributed by atoms with van der Waals surface area (Å²) in [5.74, 6) is 0.0386. The predicted molar refractivity (Wildman–Crippen MR) is 137 cm³/mol. The largest absolute Gasteiger partial charge is 0.493 e. The highest BCUT2D eigenvalue weighted by atomic mass is 19.4. The van der Waals surface area contributed by atoms with Crippen molar-refractivity contribution in [3.63, 3.8) is 0 Å². The second-order valence-corrected chi connectivity index (χ2v) is 8.57. The normalized spacial score (nSPS) is 11.4. The third-order valence-electron chi connectivity index (χ3n) is 5.95. The Kier molecular flexibility index (Phi) is 7.23. The molecule has 5 rings (SSSR count). The van der Waals surface area contributed by atoms with E-state index in [1.54, 1.807) is 18.2 Å². The van der Waals surface area contributed by atoms with Gasteiger partial charge in [0.05, 0.1) is 12.2 Å². The summed E-state index contributed by atoms with van der Waals surface area (Å²) in [6.07, 6.45) is -3.66. The molecule has 0 saturated carbocycles. The number of carbonyl (C=O) groups is 1. The molecule has 1 aromatic heterocycles. The number of benzene rings is 4. The summed E-state index contributed by atoms with van der Waals surface area (Å²) in [6, 6.07) is 23.1. The van der Waals surface area contributed by atoms with Crippen LogP contribution in [-0.4, -0.2) is 23.0 Å². The van der Waals surface area contributed by atoms with Crippen molar-refractivity contribution in [3.8, 4) is 50.8 Å². The lowest BCUT2D eigenvalue weighted by atomic mass is 9.97. The first-order valence-electron chi connectivity index (χ1n) is 11.9. The summed E-state index contributed by atoms with van der Waals surface area (Å²) < 4.78 is 66.6. The number of nitrogens with zero attached hydrogens (tertiary/aromatic N) is 2. The van der Waals surface area contributed by atoms with Crippen LogP contribution in [0.15, 0.2) is 95.5 Å². The lowest BCUT2D eigenvalue weighted by molar-refractivity contribution is -0.137. The van der Waals surface area contributed by atoms with Gasteiger partial charge in [0.2, 0.25) is 5.82 Å². The smallest absolute Gasteiger partial charge is 0.417 e. The molecule has 0 aliphatic carbocycles. The van der Waals surface area contributed by atoms with Gasteiger partial charge in [-0.05, 0) is 58.7 Å². The molecule has 4 aromatic carbocycles. The number of alkyl halides is 3. The molecule has 0 saturated heterocycles. The van der Waals surface area contributed by atoms with Gasteiger partial charge in [-0.1, -0.05) is 59.8 Å². The van der Waals surface area contributed by atoms with Crippen LogP contribution < -0.4 is 4.74 Å². The SMILES string of the molecule is O=CCCOc1cccc(-c2ccccc2-c2noc(-c3ccc(-c4cccc(F)c4)c(C(F)(F)F)c3)n2)c1. The quantitative estimate of drug-likeness (QED) is 0.116. The Balaban J connectivity index is 1.51. The fourth-order valence-electron chi connectivity index (χ4n) is 4.18. The molecule has 0 aliphatic heterocycles. The minimum atomic E-state index is -4.70. The van der Waals surface area contributed by atoms with E-state index in [1.807, 2.05) is 30.3 Å². The van der Waals surface area contributed by atoms with Crippen molar-refractivity contribution in [1.29, 1.82) is 0 Å². The van der Waals surface area contributed by atoms with E-state index in [2.05, 4.69) is 10.1 Å².